The third-order valence-electron chi connectivity index (χ3n) is 4.03. The Kier molecular flexibility index (Phi) is 5.44. The zero-order valence-electron chi connectivity index (χ0n) is 13.1. The Morgan fingerprint density at radius 1 is 1.24 bits per heavy atom. The lowest BCUT2D eigenvalue weighted by atomic mass is 10.2. The molecule has 1 amide bonds. The highest BCUT2D eigenvalue weighted by molar-refractivity contribution is 5.81. The summed E-state index contributed by atoms with van der Waals surface area (Å²) < 4.78 is 5.18. The third-order valence-corrected chi connectivity index (χ3v) is 4.03. The number of nitrogens with zero attached hydrogens (tertiary/aromatic N) is 2. The number of methoxy groups -OCH3 is 1. The summed E-state index contributed by atoms with van der Waals surface area (Å²) in [7, 11) is 1.68. The van der Waals surface area contributed by atoms with E-state index in [0.29, 0.717) is 6.54 Å². The first-order valence-electron chi connectivity index (χ1n) is 7.56. The number of piperazine rings is 1. The Hall–Kier alpha value is -1.75. The Bertz CT molecular complexity index is 453. The average Bonchev–Trinajstić information content (AvgIpc) is 2.54. The normalized spacial score (nSPS) is 17.4. The number of ether oxygens (including phenoxy) is 1. The van der Waals surface area contributed by atoms with Crippen molar-refractivity contribution in [1.29, 1.82) is 0 Å². The van der Waals surface area contributed by atoms with Gasteiger partial charge >= 0.3 is 0 Å². The predicted molar refractivity (Wildman–Crippen MR) is 84.9 cm³/mol. The molecule has 0 bridgehead atoms. The van der Waals surface area contributed by atoms with Crippen LogP contribution in [-0.2, 0) is 4.79 Å². The molecule has 2 rings (SSSR count). The first-order valence-corrected chi connectivity index (χ1v) is 7.56. The van der Waals surface area contributed by atoms with Gasteiger partial charge in [0.15, 0.2) is 0 Å². The fourth-order valence-electron chi connectivity index (χ4n) is 2.65. The Morgan fingerprint density at radius 3 is 2.38 bits per heavy atom. The largest absolute Gasteiger partial charge is 0.497 e. The molecule has 1 aromatic carbocycles. The van der Waals surface area contributed by atoms with E-state index in [1.54, 1.807) is 7.11 Å². The monoisotopic (exact) mass is 291 g/mol. The minimum absolute atomic E-state index is 0.0528. The topological polar surface area (TPSA) is 44.8 Å². The molecule has 0 spiro atoms. The molecule has 116 valence electrons. The molecule has 0 aliphatic carbocycles. The number of nitrogens with one attached hydrogen (secondary N) is 1. The predicted octanol–water partition coefficient (Wildman–Crippen LogP) is 1.34. The number of hydrogen-bond donors (Lipinski definition) is 1. The van der Waals surface area contributed by atoms with Crippen LogP contribution < -0.4 is 15.0 Å². The minimum atomic E-state index is -0.0528. The molecule has 1 unspecified atom stereocenters. The second-order valence-corrected chi connectivity index (χ2v) is 5.29. The van der Waals surface area contributed by atoms with Crippen molar-refractivity contribution >= 4 is 11.6 Å². The quantitative estimate of drug-likeness (QED) is 0.889. The van der Waals surface area contributed by atoms with Crippen LogP contribution in [0.25, 0.3) is 0 Å². The second-order valence-electron chi connectivity index (χ2n) is 5.29. The van der Waals surface area contributed by atoms with E-state index in [1.807, 2.05) is 26.0 Å². The summed E-state index contributed by atoms with van der Waals surface area (Å²) in [6, 6.07) is 8.09. The van der Waals surface area contributed by atoms with Gasteiger partial charge < -0.3 is 15.0 Å². The fourth-order valence-corrected chi connectivity index (χ4v) is 2.65. The molecule has 5 heteroatoms. The molecule has 1 aliphatic rings. The van der Waals surface area contributed by atoms with Crippen LogP contribution in [0.5, 0.6) is 5.75 Å². The van der Waals surface area contributed by atoms with E-state index in [2.05, 4.69) is 27.2 Å². The Balaban J connectivity index is 1.88. The molecule has 0 aromatic heterocycles. The van der Waals surface area contributed by atoms with Gasteiger partial charge in [0.05, 0.1) is 13.2 Å². The van der Waals surface area contributed by atoms with Crippen molar-refractivity contribution in [2.45, 2.75) is 19.9 Å². The van der Waals surface area contributed by atoms with Crippen LogP contribution in [0.3, 0.4) is 0 Å². The molecule has 1 aliphatic heterocycles. The highest BCUT2D eigenvalue weighted by atomic mass is 16.5. The van der Waals surface area contributed by atoms with Gasteiger partial charge in [-0.2, -0.15) is 0 Å². The maximum atomic E-state index is 11.9. The van der Waals surface area contributed by atoms with Crippen LogP contribution >= 0.6 is 0 Å². The van der Waals surface area contributed by atoms with Gasteiger partial charge in [0, 0.05) is 38.4 Å². The zero-order chi connectivity index (χ0) is 15.2. The first kappa shape index (κ1) is 15.6. The lowest BCUT2D eigenvalue weighted by molar-refractivity contribution is -0.125. The highest BCUT2D eigenvalue weighted by Crippen LogP contribution is 2.20. The molecular weight excluding hydrogens is 266 g/mol. The van der Waals surface area contributed by atoms with E-state index in [4.69, 9.17) is 4.74 Å². The van der Waals surface area contributed by atoms with Crippen LogP contribution in [0.2, 0.25) is 0 Å². The first-order chi connectivity index (χ1) is 10.2. The number of likely N-dealkylation sites (N-methyl/N-ethyl adjacent to an activating group) is 1. The van der Waals surface area contributed by atoms with E-state index in [9.17, 15) is 4.79 Å². The van der Waals surface area contributed by atoms with Crippen molar-refractivity contribution in [3.63, 3.8) is 0 Å². The standard InChI is InChI=1S/C16H25N3O2/c1-4-17-16(20)13(2)18-9-11-19(12-10-18)14-5-7-15(21-3)8-6-14/h5-8,13H,4,9-12H2,1-3H3,(H,17,20). The van der Waals surface area contributed by atoms with Gasteiger partial charge in [-0.3, -0.25) is 9.69 Å². The van der Waals surface area contributed by atoms with E-state index in [0.717, 1.165) is 31.9 Å². The van der Waals surface area contributed by atoms with Crippen molar-refractivity contribution in [2.75, 3.05) is 44.7 Å². The average molecular weight is 291 g/mol. The van der Waals surface area contributed by atoms with Crippen LogP contribution in [0.1, 0.15) is 13.8 Å². The van der Waals surface area contributed by atoms with Gasteiger partial charge in [-0.15, -0.1) is 0 Å². The lowest BCUT2D eigenvalue weighted by Gasteiger charge is -2.38. The van der Waals surface area contributed by atoms with Gasteiger partial charge in [0.2, 0.25) is 5.91 Å². The smallest absolute Gasteiger partial charge is 0.237 e. The van der Waals surface area contributed by atoms with Gasteiger partial charge in [0.1, 0.15) is 5.75 Å². The molecule has 1 fully saturated rings. The Morgan fingerprint density at radius 2 is 1.86 bits per heavy atom. The number of carbonyl (C=O) groups excluding carboxylic acids is 1. The number of rotatable bonds is 5. The van der Waals surface area contributed by atoms with Crippen molar-refractivity contribution in [1.82, 2.24) is 10.2 Å². The molecule has 0 radical (unpaired) electrons. The van der Waals surface area contributed by atoms with Gasteiger partial charge in [-0.25, -0.2) is 0 Å². The van der Waals surface area contributed by atoms with Crippen molar-refractivity contribution < 1.29 is 9.53 Å². The van der Waals surface area contributed by atoms with E-state index in [1.165, 1.54) is 5.69 Å². The van der Waals surface area contributed by atoms with Crippen LogP contribution in [0.4, 0.5) is 5.69 Å². The Labute approximate surface area is 126 Å². The summed E-state index contributed by atoms with van der Waals surface area (Å²) in [5.74, 6) is 0.998. The number of hydrogen-bond acceptors (Lipinski definition) is 4. The minimum Gasteiger partial charge on any atom is -0.497 e. The molecule has 1 saturated heterocycles. The molecule has 5 nitrogen and oxygen atoms in total. The number of benzene rings is 1. The maximum Gasteiger partial charge on any atom is 0.237 e. The van der Waals surface area contributed by atoms with Crippen molar-refractivity contribution in [3.8, 4) is 5.75 Å². The van der Waals surface area contributed by atoms with Gasteiger partial charge in [0.25, 0.3) is 0 Å². The summed E-state index contributed by atoms with van der Waals surface area (Å²) in [6.45, 7) is 8.32. The van der Waals surface area contributed by atoms with Crippen LogP contribution in [0, 0.1) is 0 Å². The number of amides is 1. The molecule has 1 N–H and O–H groups in total. The van der Waals surface area contributed by atoms with Crippen LogP contribution in [-0.4, -0.2) is 56.7 Å². The van der Waals surface area contributed by atoms with Gasteiger partial charge in [-0.1, -0.05) is 0 Å². The summed E-state index contributed by atoms with van der Waals surface area (Å²) in [5, 5.41) is 2.89. The number of anilines is 1. The number of carbonyl (C=O) groups is 1. The molecular formula is C16H25N3O2. The second kappa shape index (κ2) is 7.31. The highest BCUT2D eigenvalue weighted by Gasteiger charge is 2.25. The summed E-state index contributed by atoms with van der Waals surface area (Å²) in [4.78, 5) is 16.5. The molecule has 21 heavy (non-hydrogen) atoms. The zero-order valence-corrected chi connectivity index (χ0v) is 13.1. The van der Waals surface area contributed by atoms with Gasteiger partial charge in [-0.05, 0) is 38.1 Å². The third kappa shape index (κ3) is 3.88. The lowest BCUT2D eigenvalue weighted by Crippen LogP contribution is -2.54. The summed E-state index contributed by atoms with van der Waals surface area (Å²) >= 11 is 0. The SMILES string of the molecule is CCNC(=O)C(C)N1CCN(c2ccc(OC)cc2)CC1. The maximum absolute atomic E-state index is 11.9. The van der Waals surface area contributed by atoms with Crippen molar-refractivity contribution in [2.24, 2.45) is 0 Å². The molecule has 0 saturated carbocycles. The van der Waals surface area contributed by atoms with E-state index < -0.39 is 0 Å². The molecule has 1 atom stereocenters. The van der Waals surface area contributed by atoms with Crippen LogP contribution in [0.15, 0.2) is 24.3 Å². The molecule has 1 aromatic rings. The molecule has 1 heterocycles. The van der Waals surface area contributed by atoms with Crippen molar-refractivity contribution in [3.05, 3.63) is 24.3 Å². The van der Waals surface area contributed by atoms with E-state index >= 15 is 0 Å². The summed E-state index contributed by atoms with van der Waals surface area (Å²) in [6.07, 6.45) is 0. The summed E-state index contributed by atoms with van der Waals surface area (Å²) in [5.41, 5.74) is 1.21. The van der Waals surface area contributed by atoms with E-state index in [-0.39, 0.29) is 11.9 Å². The fraction of sp³-hybridized carbons (Fsp3) is 0.562.